The molecule has 2 heterocycles. The van der Waals surface area contributed by atoms with Gasteiger partial charge in [0.05, 0.1) is 18.4 Å². The van der Waals surface area contributed by atoms with Crippen LogP contribution in [0, 0.1) is 0 Å². The van der Waals surface area contributed by atoms with Gasteiger partial charge in [-0.2, -0.15) is 5.10 Å². The van der Waals surface area contributed by atoms with Crippen molar-refractivity contribution in [2.45, 2.75) is 26.3 Å². The van der Waals surface area contributed by atoms with E-state index in [1.165, 1.54) is 5.56 Å². The highest BCUT2D eigenvalue weighted by Crippen LogP contribution is 2.16. The van der Waals surface area contributed by atoms with Crippen LogP contribution in [-0.4, -0.2) is 19.3 Å². The first-order valence-corrected chi connectivity index (χ1v) is 8.71. The molecule has 0 unspecified atom stereocenters. The third-order valence-electron chi connectivity index (χ3n) is 4.55. The van der Waals surface area contributed by atoms with E-state index >= 15 is 0 Å². The highest BCUT2D eigenvalue weighted by molar-refractivity contribution is 5.74. The monoisotopic (exact) mass is 344 g/mol. The Balaban J connectivity index is 1.69. The van der Waals surface area contributed by atoms with Gasteiger partial charge in [0.15, 0.2) is 5.65 Å². The molecule has 2 aromatic heterocycles. The molecule has 4 rings (SSSR count). The number of aromatic nitrogens is 4. The Morgan fingerprint density at radius 3 is 2.42 bits per heavy atom. The maximum Gasteiger partial charge on any atom is 0.264 e. The molecule has 0 saturated carbocycles. The van der Waals surface area contributed by atoms with Crippen molar-refractivity contribution in [1.82, 2.24) is 19.3 Å². The number of hydrogen-bond acceptors (Lipinski definition) is 3. The summed E-state index contributed by atoms with van der Waals surface area (Å²) in [7, 11) is 0. The molecule has 130 valence electrons. The van der Waals surface area contributed by atoms with Crippen LogP contribution in [0.5, 0.6) is 0 Å². The predicted octanol–water partition coefficient (Wildman–Crippen LogP) is 3.75. The molecule has 26 heavy (non-hydrogen) atoms. The van der Waals surface area contributed by atoms with Crippen LogP contribution >= 0.6 is 0 Å². The standard InChI is InChI=1S/C21H20N4O/c1-15(2)17-10-8-16(9-11-17)13-24-14-22-20-19(21(24)26)12-23-25(20)18-6-4-3-5-7-18/h3-12,14-15H,13H2,1-2H3. The number of para-hydroxylation sites is 1. The van der Waals surface area contributed by atoms with Gasteiger partial charge in [-0.1, -0.05) is 56.3 Å². The number of benzene rings is 2. The van der Waals surface area contributed by atoms with Gasteiger partial charge in [-0.05, 0) is 29.2 Å². The molecule has 0 aliphatic heterocycles. The molecule has 5 nitrogen and oxygen atoms in total. The van der Waals surface area contributed by atoms with E-state index < -0.39 is 0 Å². The first kappa shape index (κ1) is 16.3. The van der Waals surface area contributed by atoms with Crippen LogP contribution in [-0.2, 0) is 6.54 Å². The molecule has 0 bridgehead atoms. The second-order valence-electron chi connectivity index (χ2n) is 6.70. The van der Waals surface area contributed by atoms with Crippen LogP contribution in [0.2, 0.25) is 0 Å². The Morgan fingerprint density at radius 1 is 1.00 bits per heavy atom. The summed E-state index contributed by atoms with van der Waals surface area (Å²) < 4.78 is 3.32. The van der Waals surface area contributed by atoms with Gasteiger partial charge in [0.25, 0.3) is 5.56 Å². The van der Waals surface area contributed by atoms with Gasteiger partial charge in [0.1, 0.15) is 11.7 Å². The lowest BCUT2D eigenvalue weighted by atomic mass is 10.0. The molecule has 0 aliphatic rings. The van der Waals surface area contributed by atoms with E-state index in [4.69, 9.17) is 0 Å². The molecule has 0 fully saturated rings. The SMILES string of the molecule is CC(C)c1ccc(Cn2cnc3c(cnn3-c3ccccc3)c2=O)cc1. The van der Waals surface area contributed by atoms with Crippen molar-refractivity contribution in [2.75, 3.05) is 0 Å². The summed E-state index contributed by atoms with van der Waals surface area (Å²) in [4.78, 5) is 17.3. The summed E-state index contributed by atoms with van der Waals surface area (Å²) >= 11 is 0. The van der Waals surface area contributed by atoms with Gasteiger partial charge < -0.3 is 0 Å². The predicted molar refractivity (Wildman–Crippen MR) is 103 cm³/mol. The molecule has 2 aromatic carbocycles. The summed E-state index contributed by atoms with van der Waals surface area (Å²) in [6.07, 6.45) is 3.19. The van der Waals surface area contributed by atoms with Crippen molar-refractivity contribution < 1.29 is 0 Å². The van der Waals surface area contributed by atoms with Crippen molar-refractivity contribution >= 4 is 11.0 Å². The van der Waals surface area contributed by atoms with E-state index in [-0.39, 0.29) is 5.56 Å². The maximum absolute atomic E-state index is 12.8. The van der Waals surface area contributed by atoms with E-state index in [1.807, 2.05) is 30.3 Å². The van der Waals surface area contributed by atoms with Crippen molar-refractivity contribution in [1.29, 1.82) is 0 Å². The van der Waals surface area contributed by atoms with Crippen molar-refractivity contribution in [3.05, 3.63) is 88.6 Å². The van der Waals surface area contributed by atoms with Gasteiger partial charge in [0.2, 0.25) is 0 Å². The molecule has 0 aliphatic carbocycles. The van der Waals surface area contributed by atoms with E-state index in [0.717, 1.165) is 11.3 Å². The average Bonchev–Trinajstić information content (AvgIpc) is 3.10. The zero-order valence-corrected chi connectivity index (χ0v) is 14.8. The smallest absolute Gasteiger partial charge is 0.264 e. The summed E-state index contributed by atoms with van der Waals surface area (Å²) in [6, 6.07) is 18.1. The van der Waals surface area contributed by atoms with Crippen molar-refractivity contribution in [2.24, 2.45) is 0 Å². The van der Waals surface area contributed by atoms with Crippen LogP contribution in [0.3, 0.4) is 0 Å². The molecule has 0 N–H and O–H groups in total. The second-order valence-corrected chi connectivity index (χ2v) is 6.70. The Bertz CT molecular complexity index is 1090. The maximum atomic E-state index is 12.8. The Morgan fingerprint density at radius 2 is 1.73 bits per heavy atom. The molecule has 5 heteroatoms. The third kappa shape index (κ3) is 2.92. The largest absolute Gasteiger partial charge is 0.294 e. The number of nitrogens with zero attached hydrogens (tertiary/aromatic N) is 4. The van der Waals surface area contributed by atoms with Crippen LogP contribution in [0.1, 0.15) is 30.9 Å². The zero-order valence-electron chi connectivity index (χ0n) is 14.8. The van der Waals surface area contributed by atoms with Crippen molar-refractivity contribution in [3.8, 4) is 5.69 Å². The van der Waals surface area contributed by atoms with E-state index in [1.54, 1.807) is 21.8 Å². The third-order valence-corrected chi connectivity index (χ3v) is 4.55. The van der Waals surface area contributed by atoms with Crippen molar-refractivity contribution in [3.63, 3.8) is 0 Å². The number of rotatable bonds is 4. The molecular formula is C21H20N4O. The lowest BCUT2D eigenvalue weighted by Gasteiger charge is -2.09. The fraction of sp³-hybridized carbons (Fsp3) is 0.190. The second kappa shape index (κ2) is 6.59. The minimum absolute atomic E-state index is 0.0786. The quantitative estimate of drug-likeness (QED) is 0.566. The Labute approximate surface area is 151 Å². The number of hydrogen-bond donors (Lipinski definition) is 0. The highest BCUT2D eigenvalue weighted by Gasteiger charge is 2.11. The van der Waals surface area contributed by atoms with Gasteiger partial charge in [0, 0.05) is 0 Å². The van der Waals surface area contributed by atoms with Crippen LogP contribution in [0.25, 0.3) is 16.7 Å². The van der Waals surface area contributed by atoms with Gasteiger partial charge in [-0.3, -0.25) is 9.36 Å². The molecule has 4 aromatic rings. The topological polar surface area (TPSA) is 52.7 Å². The highest BCUT2D eigenvalue weighted by atomic mass is 16.1. The van der Waals surface area contributed by atoms with E-state index in [9.17, 15) is 4.79 Å². The first-order chi connectivity index (χ1) is 12.6. The van der Waals surface area contributed by atoms with Gasteiger partial charge >= 0.3 is 0 Å². The fourth-order valence-corrected chi connectivity index (χ4v) is 3.02. The van der Waals surface area contributed by atoms with E-state index in [0.29, 0.717) is 23.5 Å². The summed E-state index contributed by atoms with van der Waals surface area (Å²) in [6.45, 7) is 4.83. The van der Waals surface area contributed by atoms with Gasteiger partial charge in [-0.25, -0.2) is 9.67 Å². The Kier molecular flexibility index (Phi) is 4.13. The Hall–Kier alpha value is -3.21. The van der Waals surface area contributed by atoms with Crippen LogP contribution < -0.4 is 5.56 Å². The minimum Gasteiger partial charge on any atom is -0.294 e. The average molecular weight is 344 g/mol. The zero-order chi connectivity index (χ0) is 18.1. The minimum atomic E-state index is -0.0786. The molecule has 0 radical (unpaired) electrons. The lowest BCUT2D eigenvalue weighted by molar-refractivity contribution is 0.744. The summed E-state index contributed by atoms with van der Waals surface area (Å²) in [5, 5.41) is 4.87. The fourth-order valence-electron chi connectivity index (χ4n) is 3.02. The summed E-state index contributed by atoms with van der Waals surface area (Å²) in [5.41, 5.74) is 3.75. The van der Waals surface area contributed by atoms with Gasteiger partial charge in [-0.15, -0.1) is 0 Å². The normalized spacial score (nSPS) is 11.3. The molecule has 0 atom stereocenters. The van der Waals surface area contributed by atoms with Crippen LogP contribution in [0.15, 0.2) is 71.9 Å². The van der Waals surface area contributed by atoms with Crippen LogP contribution in [0.4, 0.5) is 0 Å². The molecule has 0 saturated heterocycles. The van der Waals surface area contributed by atoms with E-state index in [2.05, 4.69) is 48.2 Å². The molecular weight excluding hydrogens is 324 g/mol. The summed E-state index contributed by atoms with van der Waals surface area (Å²) in [5.74, 6) is 0.494. The number of fused-ring (bicyclic) bond motifs is 1. The lowest BCUT2D eigenvalue weighted by Crippen LogP contribution is -2.21. The molecule has 0 spiro atoms. The molecule has 0 amide bonds. The first-order valence-electron chi connectivity index (χ1n) is 8.71.